The molecule has 1 amide bonds. The third-order valence-corrected chi connectivity index (χ3v) is 8.40. The topological polar surface area (TPSA) is 64.0 Å². The number of aromatic nitrogens is 2. The standard InChI is InChI=1S/C22H31N3O2S2/c1-3-4-7-13-25-21(27)18-16-11-8-12-17(16)29-20(18)24-22(25)28-14(2)19(26)23-15-9-5-6-10-15/h14-15H,3-13H2,1-2H3,(H,23,26). The lowest BCUT2D eigenvalue weighted by Crippen LogP contribution is -2.38. The third-order valence-electron chi connectivity index (χ3n) is 6.13. The number of amides is 1. The summed E-state index contributed by atoms with van der Waals surface area (Å²) in [5, 5.41) is 4.46. The zero-order valence-corrected chi connectivity index (χ0v) is 19.1. The molecule has 5 nitrogen and oxygen atoms in total. The van der Waals surface area contributed by atoms with Crippen LogP contribution in [0.2, 0.25) is 0 Å². The zero-order chi connectivity index (χ0) is 20.4. The van der Waals surface area contributed by atoms with Gasteiger partial charge in [0.25, 0.3) is 5.56 Å². The van der Waals surface area contributed by atoms with Crippen LogP contribution < -0.4 is 10.9 Å². The van der Waals surface area contributed by atoms with Crippen LogP contribution in [0.4, 0.5) is 0 Å². The van der Waals surface area contributed by atoms with Crippen molar-refractivity contribution in [3.05, 3.63) is 20.8 Å². The average Bonchev–Trinajstić information content (AvgIpc) is 3.41. The van der Waals surface area contributed by atoms with Gasteiger partial charge in [0.1, 0.15) is 4.83 Å². The van der Waals surface area contributed by atoms with Gasteiger partial charge in [-0.2, -0.15) is 0 Å². The van der Waals surface area contributed by atoms with Gasteiger partial charge in [-0.3, -0.25) is 14.2 Å². The molecule has 2 aromatic rings. The van der Waals surface area contributed by atoms with E-state index in [0.29, 0.717) is 17.7 Å². The second-order valence-electron chi connectivity index (χ2n) is 8.35. The first kappa shape index (κ1) is 20.9. The molecule has 0 bridgehead atoms. The van der Waals surface area contributed by atoms with Crippen LogP contribution in [-0.2, 0) is 24.2 Å². The molecule has 2 aliphatic rings. The maximum Gasteiger partial charge on any atom is 0.263 e. The fraction of sp³-hybridized carbons (Fsp3) is 0.682. The highest BCUT2D eigenvalue weighted by molar-refractivity contribution is 8.00. The Bertz CT molecular complexity index is 944. The Morgan fingerprint density at radius 3 is 2.83 bits per heavy atom. The molecule has 1 saturated carbocycles. The summed E-state index contributed by atoms with van der Waals surface area (Å²) in [6.07, 6.45) is 10.9. The molecule has 0 saturated heterocycles. The molecule has 4 rings (SSSR count). The van der Waals surface area contributed by atoms with Crippen LogP contribution >= 0.6 is 23.1 Å². The number of hydrogen-bond donors (Lipinski definition) is 1. The van der Waals surface area contributed by atoms with Gasteiger partial charge in [0.15, 0.2) is 5.16 Å². The highest BCUT2D eigenvalue weighted by atomic mass is 32.2. The van der Waals surface area contributed by atoms with Crippen molar-refractivity contribution < 1.29 is 4.79 Å². The minimum absolute atomic E-state index is 0.0602. The lowest BCUT2D eigenvalue weighted by molar-refractivity contribution is -0.120. The number of carbonyl (C=O) groups is 1. The summed E-state index contributed by atoms with van der Waals surface area (Å²) in [6, 6.07) is 0.313. The number of thioether (sulfide) groups is 1. The highest BCUT2D eigenvalue weighted by Crippen LogP contribution is 2.36. The first-order valence-corrected chi connectivity index (χ1v) is 12.8. The Balaban J connectivity index is 1.61. The van der Waals surface area contributed by atoms with Crippen molar-refractivity contribution in [2.45, 2.75) is 101 Å². The molecule has 0 aromatic carbocycles. The van der Waals surface area contributed by atoms with Gasteiger partial charge in [-0.1, -0.05) is 44.4 Å². The number of nitrogens with zero attached hydrogens (tertiary/aromatic N) is 2. The summed E-state index contributed by atoms with van der Waals surface area (Å²) in [5.41, 5.74) is 1.33. The Kier molecular flexibility index (Phi) is 6.64. The van der Waals surface area contributed by atoms with Gasteiger partial charge in [0.2, 0.25) is 5.91 Å². The van der Waals surface area contributed by atoms with E-state index in [1.807, 2.05) is 11.5 Å². The molecular formula is C22H31N3O2S2. The molecule has 158 valence electrons. The summed E-state index contributed by atoms with van der Waals surface area (Å²) < 4.78 is 1.84. The molecule has 7 heteroatoms. The number of carbonyl (C=O) groups excluding carboxylic acids is 1. The van der Waals surface area contributed by atoms with Gasteiger partial charge in [-0.15, -0.1) is 11.3 Å². The molecule has 1 N–H and O–H groups in total. The van der Waals surface area contributed by atoms with Crippen molar-refractivity contribution in [3.63, 3.8) is 0 Å². The monoisotopic (exact) mass is 433 g/mol. The first-order valence-electron chi connectivity index (χ1n) is 11.1. The molecular weight excluding hydrogens is 402 g/mol. The normalized spacial score (nSPS) is 17.7. The minimum Gasteiger partial charge on any atom is -0.352 e. The second kappa shape index (κ2) is 9.21. The van der Waals surface area contributed by atoms with E-state index in [1.54, 1.807) is 11.3 Å². The smallest absolute Gasteiger partial charge is 0.263 e. The highest BCUT2D eigenvalue weighted by Gasteiger charge is 2.26. The van der Waals surface area contributed by atoms with E-state index >= 15 is 0 Å². The number of unbranched alkanes of at least 4 members (excludes halogenated alkanes) is 2. The summed E-state index contributed by atoms with van der Waals surface area (Å²) in [7, 11) is 0. The van der Waals surface area contributed by atoms with E-state index in [-0.39, 0.29) is 16.7 Å². The number of fused-ring (bicyclic) bond motifs is 3. The lowest BCUT2D eigenvalue weighted by atomic mass is 10.2. The Labute approximate surface area is 180 Å². The maximum absolute atomic E-state index is 13.4. The molecule has 0 radical (unpaired) electrons. The molecule has 1 fully saturated rings. The van der Waals surface area contributed by atoms with Crippen LogP contribution in [0.25, 0.3) is 10.2 Å². The number of aryl methyl sites for hydroxylation is 2. The van der Waals surface area contributed by atoms with Crippen molar-refractivity contribution in [3.8, 4) is 0 Å². The van der Waals surface area contributed by atoms with Crippen molar-refractivity contribution in [2.75, 3.05) is 0 Å². The van der Waals surface area contributed by atoms with Crippen LogP contribution in [-0.4, -0.2) is 26.8 Å². The van der Waals surface area contributed by atoms with Gasteiger partial charge >= 0.3 is 0 Å². The number of nitrogens with one attached hydrogen (secondary N) is 1. The number of rotatable bonds is 8. The number of hydrogen-bond acceptors (Lipinski definition) is 5. The SMILES string of the molecule is CCCCCn1c(SC(C)C(=O)NC2CCCC2)nc2sc3c(c2c1=O)CCC3. The molecule has 1 unspecified atom stereocenters. The predicted octanol–water partition coefficient (Wildman–Crippen LogP) is 4.68. The number of thiophene rings is 1. The van der Waals surface area contributed by atoms with Crippen LogP contribution in [0.5, 0.6) is 0 Å². The van der Waals surface area contributed by atoms with Gasteiger partial charge in [-0.25, -0.2) is 4.98 Å². The Hall–Kier alpha value is -1.34. The van der Waals surface area contributed by atoms with E-state index < -0.39 is 0 Å². The van der Waals surface area contributed by atoms with E-state index in [2.05, 4.69) is 12.2 Å². The van der Waals surface area contributed by atoms with Gasteiger partial charge in [-0.05, 0) is 51.0 Å². The lowest BCUT2D eigenvalue weighted by Gasteiger charge is -2.18. The first-order chi connectivity index (χ1) is 14.1. The second-order valence-corrected chi connectivity index (χ2v) is 10.7. The summed E-state index contributed by atoms with van der Waals surface area (Å²) in [5.74, 6) is 0.0602. The van der Waals surface area contributed by atoms with Crippen LogP contribution in [0, 0.1) is 0 Å². The van der Waals surface area contributed by atoms with E-state index in [9.17, 15) is 9.59 Å². The Morgan fingerprint density at radius 2 is 2.07 bits per heavy atom. The van der Waals surface area contributed by atoms with Gasteiger partial charge < -0.3 is 5.32 Å². The summed E-state index contributed by atoms with van der Waals surface area (Å²) >= 11 is 3.11. The zero-order valence-electron chi connectivity index (χ0n) is 17.5. The van der Waals surface area contributed by atoms with Crippen molar-refractivity contribution in [1.29, 1.82) is 0 Å². The minimum atomic E-state index is -0.260. The molecule has 0 aliphatic heterocycles. The molecule has 29 heavy (non-hydrogen) atoms. The molecule has 2 aliphatic carbocycles. The third kappa shape index (κ3) is 4.41. The van der Waals surface area contributed by atoms with Gasteiger partial charge in [0, 0.05) is 17.5 Å². The van der Waals surface area contributed by atoms with Crippen LogP contribution in [0.1, 0.15) is 75.7 Å². The predicted molar refractivity (Wildman–Crippen MR) is 121 cm³/mol. The van der Waals surface area contributed by atoms with E-state index in [0.717, 1.165) is 61.6 Å². The van der Waals surface area contributed by atoms with Crippen molar-refractivity contribution in [2.24, 2.45) is 0 Å². The average molecular weight is 434 g/mol. The fourth-order valence-corrected chi connectivity index (χ4v) is 6.71. The van der Waals surface area contributed by atoms with Crippen LogP contribution in [0.15, 0.2) is 9.95 Å². The largest absolute Gasteiger partial charge is 0.352 e. The molecule has 2 heterocycles. The molecule has 1 atom stereocenters. The van der Waals surface area contributed by atoms with E-state index in [1.165, 1.54) is 35.0 Å². The van der Waals surface area contributed by atoms with Crippen molar-refractivity contribution >= 4 is 39.2 Å². The summed E-state index contributed by atoms with van der Waals surface area (Å²) in [6.45, 7) is 4.77. The van der Waals surface area contributed by atoms with Crippen LogP contribution in [0.3, 0.4) is 0 Å². The quantitative estimate of drug-likeness (QED) is 0.373. The molecule has 0 spiro atoms. The van der Waals surface area contributed by atoms with E-state index in [4.69, 9.17) is 4.98 Å². The van der Waals surface area contributed by atoms with Crippen molar-refractivity contribution in [1.82, 2.24) is 14.9 Å². The van der Waals surface area contributed by atoms with Gasteiger partial charge in [0.05, 0.1) is 10.6 Å². The summed E-state index contributed by atoms with van der Waals surface area (Å²) in [4.78, 5) is 33.2. The fourth-order valence-electron chi connectivity index (χ4n) is 4.47. The Morgan fingerprint density at radius 1 is 1.28 bits per heavy atom. The molecule has 2 aromatic heterocycles. The maximum atomic E-state index is 13.4.